The summed E-state index contributed by atoms with van der Waals surface area (Å²) in [5.74, 6) is 0.945. The fraction of sp³-hybridized carbons (Fsp3) is 0.613. The van der Waals surface area contributed by atoms with Gasteiger partial charge in [0.25, 0.3) is 0 Å². The van der Waals surface area contributed by atoms with E-state index in [2.05, 4.69) is 37.2 Å². The van der Waals surface area contributed by atoms with Gasteiger partial charge in [-0.1, -0.05) is 74.0 Å². The van der Waals surface area contributed by atoms with Crippen molar-refractivity contribution in [3.05, 3.63) is 57.9 Å². The Morgan fingerprint density at radius 1 is 0.972 bits per heavy atom. The molecule has 3 rings (SSSR count). The van der Waals surface area contributed by atoms with E-state index in [1.165, 1.54) is 12.8 Å². The summed E-state index contributed by atoms with van der Waals surface area (Å²) < 4.78 is 15.3. The fourth-order valence-corrected chi connectivity index (χ4v) is 3.94. The van der Waals surface area contributed by atoms with Gasteiger partial charge in [-0.2, -0.15) is 0 Å². The molecule has 0 spiro atoms. The molecule has 1 heterocycles. The summed E-state index contributed by atoms with van der Waals surface area (Å²) in [6, 6.07) is 0.226. The molecule has 0 bridgehead atoms. The van der Waals surface area contributed by atoms with Gasteiger partial charge in [-0.15, -0.1) is 11.6 Å². The van der Waals surface area contributed by atoms with Gasteiger partial charge in [-0.3, -0.25) is 0 Å². The number of anilines is 1. The minimum absolute atomic E-state index is 0. The van der Waals surface area contributed by atoms with Crippen molar-refractivity contribution in [2.24, 2.45) is 5.92 Å². The van der Waals surface area contributed by atoms with Crippen molar-refractivity contribution in [1.82, 2.24) is 5.32 Å². The van der Waals surface area contributed by atoms with Crippen molar-refractivity contribution >= 4 is 23.9 Å². The predicted octanol–water partition coefficient (Wildman–Crippen LogP) is 6.42. The maximum Gasteiger partial charge on any atom is 1.00 e. The molecule has 1 saturated heterocycles. The first kappa shape index (κ1) is 39.7. The minimum Gasteiger partial charge on any atom is -0.763 e. The largest absolute Gasteiger partial charge is 1.00 e. The first-order valence-corrected chi connectivity index (χ1v) is 14.0. The van der Waals surface area contributed by atoms with Gasteiger partial charge >= 0.3 is 29.6 Å². The Morgan fingerprint density at radius 2 is 1.44 bits per heavy atom. The first-order chi connectivity index (χ1) is 16.6. The van der Waals surface area contributed by atoms with Crippen LogP contribution >= 0.6 is 0 Å². The van der Waals surface area contributed by atoms with Crippen LogP contribution in [0.3, 0.4) is 0 Å². The monoisotopic (exact) mass is 528 g/mol. The van der Waals surface area contributed by atoms with Crippen LogP contribution in [0.5, 0.6) is 0 Å². The van der Waals surface area contributed by atoms with Gasteiger partial charge in [0, 0.05) is 19.1 Å². The summed E-state index contributed by atoms with van der Waals surface area (Å²) in [5, 5.41) is 3.74. The molecule has 2 aliphatic rings. The third-order valence-corrected chi connectivity index (χ3v) is 6.27. The van der Waals surface area contributed by atoms with Crippen LogP contribution in [0.2, 0.25) is 0 Å². The molecule has 1 aromatic rings. The molecule has 2 nitrogen and oxygen atoms in total. The number of rotatable bonds is 5. The van der Waals surface area contributed by atoms with Gasteiger partial charge in [-0.25, -0.2) is 4.39 Å². The minimum atomic E-state index is -0.138. The molecule has 1 aromatic carbocycles. The van der Waals surface area contributed by atoms with E-state index in [0.717, 1.165) is 53.3 Å². The number of halogens is 1. The van der Waals surface area contributed by atoms with Gasteiger partial charge in [0.15, 0.2) is 0 Å². The van der Waals surface area contributed by atoms with Gasteiger partial charge in [0.2, 0.25) is 0 Å². The Morgan fingerprint density at radius 3 is 1.83 bits per heavy atom. The molecule has 1 N–H and O–H groups in total. The normalized spacial score (nSPS) is 15.8. The number of nitrogens with one attached hydrogen (secondary N) is 1. The Hall–Kier alpha value is -0.810. The molecule has 1 aliphatic carbocycles. The van der Waals surface area contributed by atoms with Crippen LogP contribution in [0.1, 0.15) is 104 Å². The fourth-order valence-electron chi connectivity index (χ4n) is 3.77. The van der Waals surface area contributed by atoms with E-state index < -0.39 is 0 Å². The third-order valence-electron chi connectivity index (χ3n) is 6.15. The Kier molecular flexibility index (Phi) is 23.3. The number of allylic oxidation sites excluding steroid dienone is 3. The van der Waals surface area contributed by atoms with Crippen LogP contribution in [0.25, 0.3) is 5.57 Å². The number of hydrogen-bond donors (Lipinski definition) is 1. The molecule has 0 aromatic heterocycles. The maximum absolute atomic E-state index is 15.3. The molecule has 0 radical (unpaired) electrons. The SMILES string of the molecule is C=C([S-])NC1CCN(c2c(C)c(C)c(C(=C)/C(C)=C\C)c(C)c2F)C1.CC.CC.CC.CC1CC1.[Na+]. The molecule has 202 valence electrons. The molecule has 1 unspecified atom stereocenters. The molecular weight excluding hydrogens is 474 g/mol. The van der Waals surface area contributed by atoms with E-state index in [-0.39, 0.29) is 41.4 Å². The van der Waals surface area contributed by atoms with Crippen LogP contribution in [-0.2, 0) is 12.6 Å². The number of nitrogens with zero attached hydrogens (tertiary/aromatic N) is 1. The van der Waals surface area contributed by atoms with Gasteiger partial charge in [0.1, 0.15) is 5.82 Å². The summed E-state index contributed by atoms with van der Waals surface area (Å²) in [7, 11) is 0. The molecule has 36 heavy (non-hydrogen) atoms. The molecule has 0 amide bonds. The molecule has 1 saturated carbocycles. The molecule has 1 atom stereocenters. The molecule has 2 fully saturated rings. The van der Waals surface area contributed by atoms with Crippen molar-refractivity contribution < 1.29 is 33.9 Å². The van der Waals surface area contributed by atoms with Crippen molar-refractivity contribution in [2.45, 2.75) is 108 Å². The Bertz CT molecular complexity index is 799. The van der Waals surface area contributed by atoms with Crippen molar-refractivity contribution in [2.75, 3.05) is 18.0 Å². The van der Waals surface area contributed by atoms with E-state index in [1.807, 2.05) is 75.3 Å². The zero-order chi connectivity index (χ0) is 27.9. The van der Waals surface area contributed by atoms with E-state index in [9.17, 15) is 0 Å². The molecular formula is C31H54FN2NaS. The maximum atomic E-state index is 15.3. The van der Waals surface area contributed by atoms with Gasteiger partial charge in [0.05, 0.1) is 5.69 Å². The summed E-state index contributed by atoms with van der Waals surface area (Å²) in [5.41, 5.74) is 6.38. The van der Waals surface area contributed by atoms with Crippen molar-refractivity contribution in [3.63, 3.8) is 0 Å². The average molecular weight is 529 g/mol. The second-order valence-electron chi connectivity index (χ2n) is 8.54. The standard InChI is InChI=1S/C21H29FN2S.C4H8.3C2H6.Na/c1-8-12(2)13(3)19-14(4)15(5)21(20(22)16(19)6)24-10-9-18(11-24)23-17(7)25;1-4-2-3-4;3*1-2;/h8,18,23,25H,3,7,9-11H2,1-2,4-6H3;4H,2-3H2,1H3;3*1-2H3;/q;;;;;+1/p-1/b12-8-;;;;;. The Balaban J connectivity index is -0.000000850. The quantitative estimate of drug-likeness (QED) is 0.270. The molecule has 5 heteroatoms. The van der Waals surface area contributed by atoms with E-state index in [0.29, 0.717) is 16.3 Å². The number of hydrogen-bond acceptors (Lipinski definition) is 3. The van der Waals surface area contributed by atoms with E-state index in [4.69, 9.17) is 12.6 Å². The van der Waals surface area contributed by atoms with Crippen LogP contribution in [0, 0.1) is 32.5 Å². The van der Waals surface area contributed by atoms with Crippen molar-refractivity contribution in [3.8, 4) is 0 Å². The average Bonchev–Trinajstić information content (AvgIpc) is 3.52. The second-order valence-corrected chi connectivity index (χ2v) is 9.04. The van der Waals surface area contributed by atoms with Gasteiger partial charge in [-0.05, 0) is 80.4 Å². The molecule has 1 aliphatic heterocycles. The van der Waals surface area contributed by atoms with Crippen LogP contribution in [0.4, 0.5) is 10.1 Å². The zero-order valence-corrected chi connectivity index (χ0v) is 28.7. The van der Waals surface area contributed by atoms with Crippen molar-refractivity contribution in [1.29, 1.82) is 0 Å². The topological polar surface area (TPSA) is 15.3 Å². The number of benzene rings is 1. The van der Waals surface area contributed by atoms with Crippen LogP contribution in [-0.4, -0.2) is 19.1 Å². The smallest absolute Gasteiger partial charge is 0.763 e. The second kappa shape index (κ2) is 21.2. The summed E-state index contributed by atoms with van der Waals surface area (Å²) in [6.45, 7) is 33.7. The summed E-state index contributed by atoms with van der Waals surface area (Å²) >= 11 is 5.03. The summed E-state index contributed by atoms with van der Waals surface area (Å²) in [6.07, 6.45) is 5.92. The predicted molar refractivity (Wildman–Crippen MR) is 162 cm³/mol. The van der Waals surface area contributed by atoms with Crippen LogP contribution < -0.4 is 39.8 Å². The van der Waals surface area contributed by atoms with Gasteiger partial charge < -0.3 is 22.8 Å². The third kappa shape index (κ3) is 12.2. The zero-order valence-electron chi connectivity index (χ0n) is 25.9. The summed E-state index contributed by atoms with van der Waals surface area (Å²) in [4.78, 5) is 2.12. The van der Waals surface area contributed by atoms with E-state index in [1.54, 1.807) is 0 Å². The Labute approximate surface area is 252 Å². The first-order valence-electron chi connectivity index (χ1n) is 13.6. The van der Waals surface area contributed by atoms with E-state index >= 15 is 4.39 Å². The van der Waals surface area contributed by atoms with Crippen LogP contribution in [0.15, 0.2) is 29.8 Å².